The molecule has 1 aliphatic rings. The molecular formula is C14H19N3O5. The lowest BCUT2D eigenvalue weighted by Crippen LogP contribution is -2.53. The number of aliphatic hydroxyl groups is 1. The van der Waals surface area contributed by atoms with Gasteiger partial charge in [0.05, 0.1) is 26.3 Å². The summed E-state index contributed by atoms with van der Waals surface area (Å²) in [5, 5.41) is 22.0. The fourth-order valence-electron chi connectivity index (χ4n) is 2.26. The van der Waals surface area contributed by atoms with Gasteiger partial charge in [0, 0.05) is 19.3 Å². The van der Waals surface area contributed by atoms with Crippen LogP contribution in [0.1, 0.15) is 10.5 Å². The minimum absolute atomic E-state index is 0.0334. The van der Waals surface area contributed by atoms with Crippen molar-refractivity contribution in [3.63, 3.8) is 0 Å². The van der Waals surface area contributed by atoms with E-state index in [1.807, 2.05) is 0 Å². The summed E-state index contributed by atoms with van der Waals surface area (Å²) in [6, 6.07) is 4.97. The zero-order valence-corrected chi connectivity index (χ0v) is 12.1. The van der Waals surface area contributed by atoms with E-state index in [1.54, 1.807) is 23.1 Å². The maximum absolute atomic E-state index is 11.9. The van der Waals surface area contributed by atoms with Gasteiger partial charge in [-0.2, -0.15) is 0 Å². The van der Waals surface area contributed by atoms with Gasteiger partial charge in [-0.25, -0.2) is 0 Å². The van der Waals surface area contributed by atoms with Crippen LogP contribution < -0.4 is 5.32 Å². The Hall–Kier alpha value is -2.03. The molecule has 2 rings (SSSR count). The Kier molecular flexibility index (Phi) is 5.42. The van der Waals surface area contributed by atoms with E-state index in [9.17, 15) is 14.7 Å². The zero-order chi connectivity index (χ0) is 16.0. The molecule has 1 fully saturated rings. The summed E-state index contributed by atoms with van der Waals surface area (Å²) in [5.41, 5.74) is -1.08. The van der Waals surface area contributed by atoms with Crippen LogP contribution in [0.3, 0.4) is 0 Å². The van der Waals surface area contributed by atoms with Gasteiger partial charge in [-0.3, -0.25) is 19.5 Å². The van der Waals surface area contributed by atoms with Crippen LogP contribution in [0.15, 0.2) is 24.4 Å². The van der Waals surface area contributed by atoms with Crippen molar-refractivity contribution in [3.8, 4) is 0 Å². The number of aliphatic carboxylic acids is 1. The van der Waals surface area contributed by atoms with Crippen molar-refractivity contribution in [2.45, 2.75) is 5.60 Å². The third-order valence-corrected chi connectivity index (χ3v) is 3.27. The number of nitrogens with one attached hydrogen (secondary N) is 1. The first-order chi connectivity index (χ1) is 10.5. The van der Waals surface area contributed by atoms with Gasteiger partial charge in [-0.15, -0.1) is 0 Å². The van der Waals surface area contributed by atoms with Crippen LogP contribution in [0.2, 0.25) is 0 Å². The molecule has 3 N–H and O–H groups in total. The molecule has 0 bridgehead atoms. The van der Waals surface area contributed by atoms with Crippen LogP contribution in [0.25, 0.3) is 0 Å². The average molecular weight is 309 g/mol. The maximum Gasteiger partial charge on any atom is 0.317 e. The van der Waals surface area contributed by atoms with Gasteiger partial charge in [-0.05, 0) is 12.1 Å². The van der Waals surface area contributed by atoms with Crippen molar-refractivity contribution in [2.24, 2.45) is 0 Å². The Morgan fingerprint density at radius 2 is 2.27 bits per heavy atom. The van der Waals surface area contributed by atoms with E-state index in [2.05, 4.69) is 10.3 Å². The molecule has 1 aromatic heterocycles. The topological polar surface area (TPSA) is 112 Å². The second-order valence-electron chi connectivity index (χ2n) is 5.28. The summed E-state index contributed by atoms with van der Waals surface area (Å²) < 4.78 is 5.31. The molecule has 1 aliphatic heterocycles. The number of carbonyl (C=O) groups is 2. The van der Waals surface area contributed by atoms with Gasteiger partial charge in [0.25, 0.3) is 5.91 Å². The Morgan fingerprint density at radius 1 is 1.45 bits per heavy atom. The van der Waals surface area contributed by atoms with E-state index in [0.717, 1.165) is 0 Å². The Labute approximate surface area is 127 Å². The fraction of sp³-hybridized carbons (Fsp3) is 0.500. The van der Waals surface area contributed by atoms with Crippen LogP contribution >= 0.6 is 0 Å². The molecule has 1 saturated heterocycles. The highest BCUT2D eigenvalue weighted by atomic mass is 16.5. The van der Waals surface area contributed by atoms with Gasteiger partial charge in [0.2, 0.25) is 0 Å². The summed E-state index contributed by atoms with van der Waals surface area (Å²) in [6.45, 7) is 0.679. The summed E-state index contributed by atoms with van der Waals surface area (Å²) in [6.07, 6.45) is 1.51. The zero-order valence-electron chi connectivity index (χ0n) is 12.1. The molecule has 0 aromatic carbocycles. The van der Waals surface area contributed by atoms with Gasteiger partial charge >= 0.3 is 5.97 Å². The first kappa shape index (κ1) is 16.3. The summed E-state index contributed by atoms with van der Waals surface area (Å²) in [5.74, 6) is -1.37. The average Bonchev–Trinajstić information content (AvgIpc) is 2.67. The van der Waals surface area contributed by atoms with Crippen LogP contribution in [0.4, 0.5) is 0 Å². The molecular weight excluding hydrogens is 290 g/mol. The molecule has 0 spiro atoms. The molecule has 8 nitrogen and oxygen atoms in total. The number of β-amino-alcohol motifs (C(OH)–C–C–N with tert-alkyl or cyclic N) is 1. The number of carboxylic acid groups (broad SMARTS) is 1. The second-order valence-corrected chi connectivity index (χ2v) is 5.28. The van der Waals surface area contributed by atoms with E-state index in [1.165, 1.54) is 6.20 Å². The monoisotopic (exact) mass is 309 g/mol. The molecule has 0 aliphatic carbocycles. The third kappa shape index (κ3) is 4.76. The quantitative estimate of drug-likeness (QED) is 0.637. The van der Waals surface area contributed by atoms with E-state index in [0.29, 0.717) is 13.2 Å². The first-order valence-electron chi connectivity index (χ1n) is 6.92. The standard InChI is InChI=1S/C14H19N3O5/c18-12(19)7-17-5-6-22-10-14(21,9-17)8-16-13(20)11-3-1-2-4-15-11/h1-4,21H,5-10H2,(H,16,20)(H,18,19). The molecule has 1 unspecified atom stereocenters. The lowest BCUT2D eigenvalue weighted by Gasteiger charge is -2.30. The Morgan fingerprint density at radius 3 is 2.95 bits per heavy atom. The van der Waals surface area contributed by atoms with Gasteiger partial charge in [0.1, 0.15) is 11.3 Å². The first-order valence-corrected chi connectivity index (χ1v) is 6.92. The molecule has 1 atom stereocenters. The molecule has 0 saturated carbocycles. The molecule has 1 amide bonds. The number of carbonyl (C=O) groups excluding carboxylic acids is 1. The predicted octanol–water partition coefficient (Wildman–Crippen LogP) is -1.04. The van der Waals surface area contributed by atoms with Crippen molar-refractivity contribution in [3.05, 3.63) is 30.1 Å². The summed E-state index contributed by atoms with van der Waals surface area (Å²) >= 11 is 0. The van der Waals surface area contributed by atoms with Crippen molar-refractivity contribution < 1.29 is 24.5 Å². The minimum Gasteiger partial charge on any atom is -0.480 e. The maximum atomic E-state index is 11.9. The number of amides is 1. The van der Waals surface area contributed by atoms with E-state index in [-0.39, 0.29) is 31.9 Å². The predicted molar refractivity (Wildman–Crippen MR) is 76.4 cm³/mol. The van der Waals surface area contributed by atoms with Crippen LogP contribution in [-0.2, 0) is 9.53 Å². The number of aromatic nitrogens is 1. The Bertz CT molecular complexity index is 524. The summed E-state index contributed by atoms with van der Waals surface area (Å²) in [7, 11) is 0. The molecule has 0 radical (unpaired) electrons. The van der Waals surface area contributed by atoms with Crippen molar-refractivity contribution in [2.75, 3.05) is 39.4 Å². The molecule has 1 aromatic rings. The van der Waals surface area contributed by atoms with E-state index in [4.69, 9.17) is 9.84 Å². The number of ether oxygens (including phenoxy) is 1. The van der Waals surface area contributed by atoms with Crippen molar-refractivity contribution >= 4 is 11.9 Å². The Balaban J connectivity index is 1.94. The normalized spacial score (nSPS) is 22.8. The lowest BCUT2D eigenvalue weighted by molar-refractivity contribution is -0.138. The fourth-order valence-corrected chi connectivity index (χ4v) is 2.26. The highest BCUT2D eigenvalue weighted by Crippen LogP contribution is 2.12. The van der Waals surface area contributed by atoms with Crippen LogP contribution in [0.5, 0.6) is 0 Å². The number of hydrogen-bond donors (Lipinski definition) is 3. The second kappa shape index (κ2) is 7.30. The smallest absolute Gasteiger partial charge is 0.317 e. The van der Waals surface area contributed by atoms with Crippen molar-refractivity contribution in [1.82, 2.24) is 15.2 Å². The number of carboxylic acids is 1. The lowest BCUT2D eigenvalue weighted by atomic mass is 10.0. The van der Waals surface area contributed by atoms with Crippen molar-refractivity contribution in [1.29, 1.82) is 0 Å². The largest absolute Gasteiger partial charge is 0.480 e. The molecule has 2 heterocycles. The number of hydrogen-bond acceptors (Lipinski definition) is 6. The number of pyridine rings is 1. The van der Waals surface area contributed by atoms with Gasteiger partial charge in [0.15, 0.2) is 0 Å². The number of nitrogens with zero attached hydrogens (tertiary/aromatic N) is 2. The summed E-state index contributed by atoms with van der Waals surface area (Å²) in [4.78, 5) is 28.3. The highest BCUT2D eigenvalue weighted by molar-refractivity contribution is 5.92. The molecule has 22 heavy (non-hydrogen) atoms. The highest BCUT2D eigenvalue weighted by Gasteiger charge is 2.33. The minimum atomic E-state index is -1.34. The van der Waals surface area contributed by atoms with Gasteiger partial charge < -0.3 is 20.3 Å². The molecule has 120 valence electrons. The molecule has 8 heteroatoms. The van der Waals surface area contributed by atoms with Crippen LogP contribution in [0, 0.1) is 0 Å². The van der Waals surface area contributed by atoms with E-state index < -0.39 is 17.5 Å². The number of rotatable bonds is 5. The van der Waals surface area contributed by atoms with E-state index >= 15 is 0 Å². The third-order valence-electron chi connectivity index (χ3n) is 3.27. The van der Waals surface area contributed by atoms with Crippen LogP contribution in [-0.4, -0.2) is 77.0 Å². The van der Waals surface area contributed by atoms with Gasteiger partial charge in [-0.1, -0.05) is 6.07 Å². The SMILES string of the molecule is O=C(O)CN1CCOCC(O)(CNC(=O)c2ccccn2)C1.